The lowest BCUT2D eigenvalue weighted by Gasteiger charge is -2.18. The van der Waals surface area contributed by atoms with Crippen molar-refractivity contribution in [2.24, 2.45) is 0 Å². The van der Waals surface area contributed by atoms with Crippen molar-refractivity contribution in [3.63, 3.8) is 0 Å². The number of amides is 1. The second kappa shape index (κ2) is 9.33. The zero-order valence-corrected chi connectivity index (χ0v) is 14.2. The first kappa shape index (κ1) is 20.8. The third-order valence-corrected chi connectivity index (χ3v) is 3.44. The topological polar surface area (TPSA) is 58.6 Å². The van der Waals surface area contributed by atoms with Gasteiger partial charge in [0, 0.05) is 5.56 Å². The van der Waals surface area contributed by atoms with Gasteiger partial charge in [-0.3, -0.25) is 4.79 Å². The van der Waals surface area contributed by atoms with Crippen molar-refractivity contribution in [2.45, 2.75) is 44.9 Å². The van der Waals surface area contributed by atoms with Crippen LogP contribution in [0.25, 0.3) is 0 Å². The van der Waals surface area contributed by atoms with Crippen molar-refractivity contribution in [3.05, 3.63) is 29.8 Å². The molecule has 1 rings (SSSR count). The van der Waals surface area contributed by atoms with Crippen LogP contribution in [0, 0.1) is 11.8 Å². The zero-order valence-electron chi connectivity index (χ0n) is 14.2. The summed E-state index contributed by atoms with van der Waals surface area (Å²) >= 11 is 0. The van der Waals surface area contributed by atoms with Crippen LogP contribution in [-0.2, 0) is 4.79 Å². The normalized spacial score (nSPS) is 13.4. The first-order valence-corrected chi connectivity index (χ1v) is 8.03. The number of aliphatic hydroxyl groups is 1. The summed E-state index contributed by atoms with van der Waals surface area (Å²) in [4.78, 5) is 10.7. The van der Waals surface area contributed by atoms with E-state index in [9.17, 15) is 23.1 Å². The largest absolute Gasteiger partial charge is 0.492 e. The van der Waals surface area contributed by atoms with Gasteiger partial charge in [0.2, 0.25) is 0 Å². The molecule has 25 heavy (non-hydrogen) atoms. The first-order valence-electron chi connectivity index (χ1n) is 8.03. The van der Waals surface area contributed by atoms with E-state index < -0.39 is 17.7 Å². The summed E-state index contributed by atoms with van der Waals surface area (Å²) < 4.78 is 41.4. The fourth-order valence-corrected chi connectivity index (χ4v) is 2.03. The second-order valence-corrected chi connectivity index (χ2v) is 5.52. The SMILES string of the molecule is CCCC(O)(C#Cc1cccc(OCCNC(=O)C(F)(F)F)c1)CC. The lowest BCUT2D eigenvalue weighted by molar-refractivity contribution is -0.173. The molecular formula is C18H22F3NO3. The lowest BCUT2D eigenvalue weighted by Crippen LogP contribution is -2.38. The van der Waals surface area contributed by atoms with E-state index in [-0.39, 0.29) is 13.2 Å². The molecule has 138 valence electrons. The Kier molecular flexibility index (Phi) is 7.78. The van der Waals surface area contributed by atoms with Gasteiger partial charge in [-0.2, -0.15) is 13.2 Å². The lowest BCUT2D eigenvalue weighted by atomic mass is 9.95. The van der Waals surface area contributed by atoms with Crippen LogP contribution in [0.2, 0.25) is 0 Å². The summed E-state index contributed by atoms with van der Waals surface area (Å²) in [6, 6.07) is 6.70. The van der Waals surface area contributed by atoms with Crippen LogP contribution < -0.4 is 10.1 Å². The Morgan fingerprint density at radius 1 is 1.32 bits per heavy atom. The van der Waals surface area contributed by atoms with Gasteiger partial charge in [-0.05, 0) is 31.0 Å². The molecule has 1 aromatic carbocycles. The number of ether oxygens (including phenoxy) is 1. The molecule has 1 unspecified atom stereocenters. The maximum Gasteiger partial charge on any atom is 0.471 e. The molecule has 0 saturated carbocycles. The Labute approximate surface area is 145 Å². The number of hydrogen-bond acceptors (Lipinski definition) is 3. The summed E-state index contributed by atoms with van der Waals surface area (Å²) in [6.07, 6.45) is -3.00. The third kappa shape index (κ3) is 7.48. The minimum atomic E-state index is -4.90. The van der Waals surface area contributed by atoms with Crippen LogP contribution in [0.15, 0.2) is 24.3 Å². The Bertz CT molecular complexity index is 634. The number of carbonyl (C=O) groups is 1. The Hall–Kier alpha value is -2.20. The van der Waals surface area contributed by atoms with Gasteiger partial charge in [0.15, 0.2) is 0 Å². The minimum Gasteiger partial charge on any atom is -0.492 e. The standard InChI is InChI=1S/C18H22F3NO3/c1-3-9-17(24,4-2)10-8-14-6-5-7-15(13-14)25-12-11-22-16(23)18(19,20)21/h5-7,13,24H,3-4,9,11-12H2,1-2H3,(H,22,23). The number of benzene rings is 1. The Morgan fingerprint density at radius 2 is 2.04 bits per heavy atom. The van der Waals surface area contributed by atoms with Crippen molar-refractivity contribution in [1.82, 2.24) is 5.32 Å². The minimum absolute atomic E-state index is 0.104. The smallest absolute Gasteiger partial charge is 0.471 e. The average molecular weight is 357 g/mol. The van der Waals surface area contributed by atoms with Crippen LogP contribution in [0.1, 0.15) is 38.7 Å². The number of hydrogen-bond donors (Lipinski definition) is 2. The highest BCUT2D eigenvalue weighted by atomic mass is 19.4. The predicted molar refractivity (Wildman–Crippen MR) is 88.0 cm³/mol. The van der Waals surface area contributed by atoms with E-state index >= 15 is 0 Å². The van der Waals surface area contributed by atoms with Gasteiger partial charge in [-0.25, -0.2) is 0 Å². The highest BCUT2D eigenvalue weighted by molar-refractivity contribution is 5.81. The summed E-state index contributed by atoms with van der Waals surface area (Å²) in [5.41, 5.74) is -0.409. The third-order valence-electron chi connectivity index (χ3n) is 3.44. The highest BCUT2D eigenvalue weighted by Gasteiger charge is 2.38. The molecule has 0 aliphatic heterocycles. The monoisotopic (exact) mass is 357 g/mol. The Morgan fingerprint density at radius 3 is 2.64 bits per heavy atom. The quantitative estimate of drug-likeness (QED) is 0.583. The summed E-state index contributed by atoms with van der Waals surface area (Å²) in [5, 5.41) is 12.0. The molecule has 0 saturated heterocycles. The van der Waals surface area contributed by atoms with Gasteiger partial charge in [-0.15, -0.1) is 0 Å². The molecule has 1 atom stereocenters. The predicted octanol–water partition coefficient (Wildman–Crippen LogP) is 3.04. The fourth-order valence-electron chi connectivity index (χ4n) is 2.03. The zero-order chi connectivity index (χ0) is 18.9. The van der Waals surface area contributed by atoms with E-state index in [0.29, 0.717) is 24.2 Å². The molecule has 1 amide bonds. The number of alkyl halides is 3. The van der Waals surface area contributed by atoms with E-state index in [4.69, 9.17) is 4.74 Å². The average Bonchev–Trinajstić information content (AvgIpc) is 2.56. The molecule has 0 bridgehead atoms. The maximum atomic E-state index is 12.0. The van der Waals surface area contributed by atoms with Crippen molar-refractivity contribution in [3.8, 4) is 17.6 Å². The van der Waals surface area contributed by atoms with E-state index in [1.807, 2.05) is 13.8 Å². The number of nitrogens with one attached hydrogen (secondary N) is 1. The number of halogens is 3. The molecule has 0 spiro atoms. The van der Waals surface area contributed by atoms with Crippen molar-refractivity contribution >= 4 is 5.91 Å². The van der Waals surface area contributed by atoms with E-state index in [1.54, 1.807) is 29.6 Å². The molecule has 7 heteroatoms. The Balaban J connectivity index is 2.60. The molecule has 0 radical (unpaired) electrons. The van der Waals surface area contributed by atoms with Gasteiger partial charge in [-0.1, -0.05) is 38.2 Å². The van der Waals surface area contributed by atoms with Crippen molar-refractivity contribution in [1.29, 1.82) is 0 Å². The fraction of sp³-hybridized carbons (Fsp3) is 0.500. The van der Waals surface area contributed by atoms with E-state index in [1.165, 1.54) is 0 Å². The summed E-state index contributed by atoms with van der Waals surface area (Å²) in [5.74, 6) is 4.17. The van der Waals surface area contributed by atoms with Gasteiger partial charge in [0.1, 0.15) is 18.0 Å². The van der Waals surface area contributed by atoms with E-state index in [2.05, 4.69) is 11.8 Å². The molecule has 0 fully saturated rings. The molecule has 2 N–H and O–H groups in total. The molecule has 0 aliphatic carbocycles. The van der Waals surface area contributed by atoms with Crippen LogP contribution in [0.4, 0.5) is 13.2 Å². The molecule has 0 aliphatic rings. The highest BCUT2D eigenvalue weighted by Crippen LogP contribution is 2.17. The molecule has 4 nitrogen and oxygen atoms in total. The van der Waals surface area contributed by atoms with Crippen LogP contribution >= 0.6 is 0 Å². The maximum absolute atomic E-state index is 12.0. The molecule has 0 aromatic heterocycles. The molecule has 0 heterocycles. The molecular weight excluding hydrogens is 335 g/mol. The van der Waals surface area contributed by atoms with Crippen molar-refractivity contribution in [2.75, 3.05) is 13.2 Å². The summed E-state index contributed by atoms with van der Waals surface area (Å²) in [6.45, 7) is 3.46. The van der Waals surface area contributed by atoms with Gasteiger partial charge in [0.25, 0.3) is 0 Å². The summed E-state index contributed by atoms with van der Waals surface area (Å²) in [7, 11) is 0. The van der Waals surface area contributed by atoms with Crippen LogP contribution in [0.3, 0.4) is 0 Å². The van der Waals surface area contributed by atoms with Crippen molar-refractivity contribution < 1.29 is 27.8 Å². The van der Waals surface area contributed by atoms with E-state index in [0.717, 1.165) is 6.42 Å². The van der Waals surface area contributed by atoms with Crippen LogP contribution in [-0.4, -0.2) is 35.9 Å². The van der Waals surface area contributed by atoms with Gasteiger partial charge in [0.05, 0.1) is 6.54 Å². The van der Waals surface area contributed by atoms with Gasteiger partial charge < -0.3 is 15.2 Å². The molecule has 1 aromatic rings. The van der Waals surface area contributed by atoms with Crippen LogP contribution in [0.5, 0.6) is 5.75 Å². The number of carbonyl (C=O) groups excluding carboxylic acids is 1. The number of rotatable bonds is 7. The second-order valence-electron chi connectivity index (χ2n) is 5.52. The van der Waals surface area contributed by atoms with Gasteiger partial charge >= 0.3 is 12.1 Å². The first-order chi connectivity index (χ1) is 11.7.